The van der Waals surface area contributed by atoms with Crippen LogP contribution in [-0.2, 0) is 13.0 Å². The first-order valence-electron chi connectivity index (χ1n) is 8.26. The van der Waals surface area contributed by atoms with E-state index in [-0.39, 0.29) is 6.04 Å². The van der Waals surface area contributed by atoms with Crippen LogP contribution in [0.3, 0.4) is 0 Å². The van der Waals surface area contributed by atoms with Crippen LogP contribution in [0.5, 0.6) is 5.75 Å². The van der Waals surface area contributed by atoms with E-state index in [9.17, 15) is 5.11 Å². The van der Waals surface area contributed by atoms with Crippen molar-refractivity contribution < 1.29 is 9.52 Å². The number of hydrogen-bond acceptors (Lipinski definition) is 4. The first kappa shape index (κ1) is 15.6. The number of phenols is 1. The van der Waals surface area contributed by atoms with Gasteiger partial charge in [-0.15, -0.1) is 11.8 Å². The van der Waals surface area contributed by atoms with Crippen molar-refractivity contribution in [2.45, 2.75) is 30.8 Å². The number of fused-ring (bicyclic) bond motifs is 2. The van der Waals surface area contributed by atoms with Gasteiger partial charge in [0, 0.05) is 35.0 Å². The van der Waals surface area contributed by atoms with Crippen molar-refractivity contribution in [1.82, 2.24) is 4.90 Å². The Labute approximate surface area is 146 Å². The van der Waals surface area contributed by atoms with Crippen LogP contribution in [0.25, 0.3) is 11.0 Å². The number of furan rings is 1. The number of phenolic OH excluding ortho intramolecular Hbond substituents is 1. The molecule has 1 aliphatic heterocycles. The molecule has 2 aromatic carbocycles. The smallest absolute Gasteiger partial charge is 0.139 e. The zero-order valence-electron chi connectivity index (χ0n) is 14.0. The Kier molecular flexibility index (Phi) is 4.02. The highest BCUT2D eigenvalue weighted by molar-refractivity contribution is 7.98. The Balaban J connectivity index is 1.66. The molecule has 0 saturated carbocycles. The van der Waals surface area contributed by atoms with Crippen molar-refractivity contribution in [2.75, 3.05) is 12.8 Å². The first-order chi connectivity index (χ1) is 11.7. The lowest BCUT2D eigenvalue weighted by Crippen LogP contribution is -2.32. The van der Waals surface area contributed by atoms with Crippen LogP contribution < -0.4 is 0 Å². The molecular weight excluding hydrogens is 318 g/mol. The van der Waals surface area contributed by atoms with E-state index in [2.05, 4.69) is 36.3 Å². The van der Waals surface area contributed by atoms with Crippen LogP contribution in [-0.4, -0.2) is 22.8 Å². The quantitative estimate of drug-likeness (QED) is 0.683. The Hall–Kier alpha value is -1.91. The van der Waals surface area contributed by atoms with Gasteiger partial charge in [-0.25, -0.2) is 0 Å². The number of thioether (sulfide) groups is 1. The van der Waals surface area contributed by atoms with Crippen LogP contribution in [0, 0.1) is 0 Å². The minimum absolute atomic E-state index is 0.288. The normalized spacial score (nSPS) is 16.2. The Morgan fingerprint density at radius 2 is 2.04 bits per heavy atom. The number of benzene rings is 2. The molecule has 24 heavy (non-hydrogen) atoms. The van der Waals surface area contributed by atoms with Crippen LogP contribution in [0.4, 0.5) is 0 Å². The summed E-state index contributed by atoms with van der Waals surface area (Å²) in [6.07, 6.45) is 4.86. The van der Waals surface area contributed by atoms with Gasteiger partial charge in [0.25, 0.3) is 0 Å². The SMILES string of the molecule is CSc1ccc(C(C)N2CCc3cc(O)ccc3C2)c2occc12. The molecule has 0 fully saturated rings. The third-order valence-corrected chi connectivity index (χ3v) is 5.85. The third kappa shape index (κ3) is 2.60. The van der Waals surface area contributed by atoms with Gasteiger partial charge in [0.05, 0.1) is 6.26 Å². The molecule has 0 saturated heterocycles. The molecule has 0 amide bonds. The molecule has 1 unspecified atom stereocenters. The molecule has 0 bridgehead atoms. The summed E-state index contributed by atoms with van der Waals surface area (Å²) in [7, 11) is 0. The predicted molar refractivity (Wildman–Crippen MR) is 98.6 cm³/mol. The summed E-state index contributed by atoms with van der Waals surface area (Å²) >= 11 is 1.75. The van der Waals surface area contributed by atoms with E-state index < -0.39 is 0 Å². The maximum atomic E-state index is 9.66. The van der Waals surface area contributed by atoms with Crippen molar-refractivity contribution in [3.63, 3.8) is 0 Å². The number of hydrogen-bond donors (Lipinski definition) is 1. The molecule has 4 rings (SSSR count). The molecule has 1 aliphatic rings. The average Bonchev–Trinajstić information content (AvgIpc) is 3.09. The van der Waals surface area contributed by atoms with Gasteiger partial charge in [-0.2, -0.15) is 0 Å². The number of nitrogens with zero attached hydrogens (tertiary/aromatic N) is 1. The molecule has 1 N–H and O–H groups in total. The second kappa shape index (κ2) is 6.19. The lowest BCUT2D eigenvalue weighted by Gasteiger charge is -2.34. The molecule has 3 aromatic rings. The van der Waals surface area contributed by atoms with Gasteiger partial charge in [-0.1, -0.05) is 12.1 Å². The van der Waals surface area contributed by atoms with Crippen molar-refractivity contribution in [1.29, 1.82) is 0 Å². The number of aromatic hydroxyl groups is 1. The second-order valence-electron chi connectivity index (χ2n) is 6.37. The topological polar surface area (TPSA) is 36.6 Å². The highest BCUT2D eigenvalue weighted by atomic mass is 32.2. The maximum absolute atomic E-state index is 9.66. The van der Waals surface area contributed by atoms with E-state index in [1.807, 2.05) is 12.1 Å². The van der Waals surface area contributed by atoms with Crippen LogP contribution in [0.15, 0.2) is 52.0 Å². The van der Waals surface area contributed by atoms with Crippen molar-refractivity contribution in [2.24, 2.45) is 0 Å². The summed E-state index contributed by atoms with van der Waals surface area (Å²) in [6, 6.07) is 12.5. The zero-order chi connectivity index (χ0) is 16.7. The third-order valence-electron chi connectivity index (χ3n) is 5.06. The molecule has 0 radical (unpaired) electrons. The van der Waals surface area contributed by atoms with Crippen LogP contribution in [0.2, 0.25) is 0 Å². The van der Waals surface area contributed by atoms with E-state index >= 15 is 0 Å². The molecule has 2 heterocycles. The molecule has 1 aromatic heterocycles. The van der Waals surface area contributed by atoms with E-state index in [0.717, 1.165) is 25.1 Å². The van der Waals surface area contributed by atoms with Gasteiger partial charge >= 0.3 is 0 Å². The summed E-state index contributed by atoms with van der Waals surface area (Å²) in [5.41, 5.74) is 4.82. The standard InChI is InChI=1S/C20H21NO2S/c1-13(17-5-6-19(24-2)18-8-10-23-20(17)18)21-9-7-14-11-16(22)4-3-15(14)12-21/h3-6,8,10-11,13,22H,7,9,12H2,1-2H3. The van der Waals surface area contributed by atoms with Crippen molar-refractivity contribution >= 4 is 22.7 Å². The largest absolute Gasteiger partial charge is 0.508 e. The minimum Gasteiger partial charge on any atom is -0.508 e. The monoisotopic (exact) mass is 339 g/mol. The predicted octanol–water partition coefficient (Wildman–Crippen LogP) is 4.98. The lowest BCUT2D eigenvalue weighted by atomic mass is 9.96. The van der Waals surface area contributed by atoms with Gasteiger partial charge in [0.2, 0.25) is 0 Å². The molecule has 0 aliphatic carbocycles. The Morgan fingerprint density at radius 1 is 1.17 bits per heavy atom. The first-order valence-corrected chi connectivity index (χ1v) is 9.49. The molecule has 3 nitrogen and oxygen atoms in total. The Morgan fingerprint density at radius 3 is 2.88 bits per heavy atom. The van der Waals surface area contributed by atoms with Gasteiger partial charge < -0.3 is 9.52 Å². The summed E-state index contributed by atoms with van der Waals surface area (Å²) in [5, 5.41) is 10.9. The minimum atomic E-state index is 0.288. The summed E-state index contributed by atoms with van der Waals surface area (Å²) in [4.78, 5) is 3.74. The fourth-order valence-electron chi connectivity index (χ4n) is 3.65. The fourth-order valence-corrected chi connectivity index (χ4v) is 4.24. The highest BCUT2D eigenvalue weighted by Gasteiger charge is 2.24. The molecule has 124 valence electrons. The average molecular weight is 339 g/mol. The van der Waals surface area contributed by atoms with Gasteiger partial charge in [-0.3, -0.25) is 4.90 Å². The Bertz CT molecular complexity index is 886. The van der Waals surface area contributed by atoms with Crippen LogP contribution >= 0.6 is 11.8 Å². The molecular formula is C20H21NO2S. The summed E-state index contributed by atoms with van der Waals surface area (Å²) in [5.74, 6) is 0.361. The zero-order valence-corrected chi connectivity index (χ0v) is 14.8. The second-order valence-corrected chi connectivity index (χ2v) is 7.22. The van der Waals surface area contributed by atoms with Crippen molar-refractivity contribution in [3.05, 3.63) is 59.4 Å². The summed E-state index contributed by atoms with van der Waals surface area (Å²) < 4.78 is 5.82. The van der Waals surface area contributed by atoms with Gasteiger partial charge in [-0.05, 0) is 55.0 Å². The van der Waals surface area contributed by atoms with E-state index in [4.69, 9.17) is 4.42 Å². The molecule has 4 heteroatoms. The highest BCUT2D eigenvalue weighted by Crippen LogP contribution is 2.36. The molecule has 1 atom stereocenters. The maximum Gasteiger partial charge on any atom is 0.139 e. The van der Waals surface area contributed by atoms with Crippen LogP contribution in [0.1, 0.15) is 29.7 Å². The van der Waals surface area contributed by atoms with Gasteiger partial charge in [0.1, 0.15) is 11.3 Å². The van der Waals surface area contributed by atoms with E-state index in [0.29, 0.717) is 5.75 Å². The number of rotatable bonds is 3. The fraction of sp³-hybridized carbons (Fsp3) is 0.300. The van der Waals surface area contributed by atoms with Gasteiger partial charge in [0.15, 0.2) is 0 Å². The lowest BCUT2D eigenvalue weighted by molar-refractivity contribution is 0.192. The van der Waals surface area contributed by atoms with E-state index in [1.165, 1.54) is 27.0 Å². The van der Waals surface area contributed by atoms with Crippen molar-refractivity contribution in [3.8, 4) is 5.75 Å². The molecule has 0 spiro atoms. The van der Waals surface area contributed by atoms with E-state index in [1.54, 1.807) is 24.1 Å². The summed E-state index contributed by atoms with van der Waals surface area (Å²) in [6.45, 7) is 4.15.